The molecule has 0 saturated heterocycles. The van der Waals surface area contributed by atoms with Crippen molar-refractivity contribution >= 4 is 124 Å². The Balaban J connectivity index is 0.000000236. The van der Waals surface area contributed by atoms with Gasteiger partial charge in [0.2, 0.25) is 23.1 Å². The van der Waals surface area contributed by atoms with Crippen molar-refractivity contribution in [3.05, 3.63) is 88.0 Å². The van der Waals surface area contributed by atoms with Gasteiger partial charge in [0.25, 0.3) is 23.6 Å². The summed E-state index contributed by atoms with van der Waals surface area (Å²) in [6.45, 7) is 14.9. The number of benzene rings is 3. The smallest absolute Gasteiger partial charge is 0.339 e. The van der Waals surface area contributed by atoms with Crippen molar-refractivity contribution in [2.24, 2.45) is 0 Å². The van der Waals surface area contributed by atoms with E-state index in [4.69, 9.17) is 81.9 Å². The Hall–Kier alpha value is -6.65. The number of nitrogens with zero attached hydrogens (tertiary/aromatic N) is 7. The van der Waals surface area contributed by atoms with Gasteiger partial charge in [0, 0.05) is 36.9 Å². The quantitative estimate of drug-likeness (QED) is 0.0251. The van der Waals surface area contributed by atoms with Crippen LogP contribution in [0.5, 0.6) is 11.5 Å². The normalized spacial score (nSPS) is 15.3. The van der Waals surface area contributed by atoms with Gasteiger partial charge in [-0.15, -0.1) is 18.0 Å². The molecule has 462 valence electrons. The predicted molar refractivity (Wildman–Crippen MR) is 326 cm³/mol. The van der Waals surface area contributed by atoms with Crippen LogP contribution in [0.3, 0.4) is 0 Å². The highest BCUT2D eigenvalue weighted by atomic mass is 35.5. The fourth-order valence-electron chi connectivity index (χ4n) is 8.89. The fourth-order valence-corrected chi connectivity index (χ4v) is 9.79. The summed E-state index contributed by atoms with van der Waals surface area (Å²) in [5, 5.41) is 16.3. The number of halogens is 5. The minimum atomic E-state index is -4.10. The van der Waals surface area contributed by atoms with Gasteiger partial charge in [-0.1, -0.05) is 66.4 Å². The summed E-state index contributed by atoms with van der Waals surface area (Å²) in [7, 11) is -2.46. The van der Waals surface area contributed by atoms with E-state index in [-0.39, 0.29) is 77.3 Å². The van der Waals surface area contributed by atoms with E-state index in [0.717, 1.165) is 59.3 Å². The van der Waals surface area contributed by atoms with Gasteiger partial charge in [-0.3, -0.25) is 43.5 Å². The number of aromatic nitrogens is 3. The molecule has 23 nitrogen and oxygen atoms in total. The topological polar surface area (TPSA) is 296 Å². The number of imide groups is 1. The highest BCUT2D eigenvalue weighted by Gasteiger charge is 2.42. The van der Waals surface area contributed by atoms with Crippen LogP contribution in [0.25, 0.3) is 0 Å². The van der Waals surface area contributed by atoms with Crippen LogP contribution in [0.2, 0.25) is 5.28 Å². The third-order valence-electron chi connectivity index (χ3n) is 12.5. The molecule has 1 aromatic heterocycles. The van der Waals surface area contributed by atoms with Crippen molar-refractivity contribution in [1.82, 2.24) is 20.3 Å². The molecule has 5 amide bonds. The second-order valence-electron chi connectivity index (χ2n) is 19.4. The minimum absolute atomic E-state index is 0.0170. The number of carbonyl (C=O) groups excluding carboxylic acids is 5. The molecule has 3 aliphatic heterocycles. The molecule has 3 aromatic carbocycles. The number of carboxylic acids is 1. The number of aliphatic carboxylic acids is 1. The average Bonchev–Trinajstić information content (AvgIpc) is 1.93. The number of para-hydroxylation sites is 3. The third-order valence-corrected chi connectivity index (χ3v) is 13.9. The maximum absolute atomic E-state index is 14.7. The Kier molecular flexibility index (Phi) is 28.2. The van der Waals surface area contributed by atoms with Gasteiger partial charge in [0.05, 0.1) is 60.8 Å². The maximum atomic E-state index is 14.7. The zero-order valence-electron chi connectivity index (χ0n) is 48.2. The standard InChI is InChI=1S/C19H15FN2O4.C15H22ClNO2.C11H11Cl2NO2.C8H14ClN5.C3H8NO5P/c1-2-7-21-15-9-14(13(20)8-16(15)26-10-17(21)23)22-18(24)11-5-3-4-6-12(11)19(22)25;1-5-13-8-6-7-11(2)15(13)17(14(18)9-16)12(3)10-19-4;1-7-6-16-9-5-3-2-4-8(9)14(7)11(15)10(12)13;1-4-10-7-12-6(9)13-8(14-7)11-5(2)3;5-3(6)1-4-2-10(7,8)9/h1,8-9H,3-7,10H2;6-8,12H,5,9-10H2,1-4H3;2-5,7,10H,6H2,1H3;5H,4H2,1-3H3,(H2,10,11,12,13,14);4H,1-2H2,(H,5,6)(H2,7,8,9). The van der Waals surface area contributed by atoms with E-state index in [2.05, 4.69) is 49.8 Å². The van der Waals surface area contributed by atoms with E-state index in [1.54, 1.807) is 16.9 Å². The lowest BCUT2D eigenvalue weighted by molar-refractivity contribution is -0.136. The SMILES string of the molecule is C#CCN1C(=O)COc2cc(F)c(N3C(=O)C4=C(CCCC4)C3=O)cc21.CC1COc2ccccc2N1C(=O)C(Cl)Cl.CCNc1nc(Cl)nc(NC(C)C)n1.CCc1cccc(C)c1N(C(=O)CCl)C(C)COC.O=C(O)CNCP(=O)(O)O. The molecule has 0 saturated carbocycles. The first kappa shape index (κ1) is 70.8. The van der Waals surface area contributed by atoms with Gasteiger partial charge in [-0.25, -0.2) is 9.29 Å². The van der Waals surface area contributed by atoms with Gasteiger partial charge in [-0.2, -0.15) is 15.0 Å². The molecule has 0 fully saturated rings. The Morgan fingerprint density at radius 1 is 0.941 bits per heavy atom. The monoisotopic (exact) mass is 1280 g/mol. The third kappa shape index (κ3) is 20.2. The number of terminal acetylenes is 1. The van der Waals surface area contributed by atoms with Crippen molar-refractivity contribution in [3.8, 4) is 23.8 Å². The van der Waals surface area contributed by atoms with Gasteiger partial charge in [-0.05, 0) is 115 Å². The Labute approximate surface area is 513 Å². The van der Waals surface area contributed by atoms with Crippen LogP contribution in [0, 0.1) is 25.1 Å². The molecular weight excluding hydrogens is 1210 g/mol. The fraction of sp³-hybridized carbons (Fsp3) is 0.446. The summed E-state index contributed by atoms with van der Waals surface area (Å²) >= 11 is 22.7. The van der Waals surface area contributed by atoms with Crippen molar-refractivity contribution < 1.29 is 66.8 Å². The second-order valence-corrected chi connectivity index (χ2v) is 22.7. The molecule has 2 unspecified atom stereocenters. The Bertz CT molecular complexity index is 3120. The van der Waals surface area contributed by atoms with Crippen LogP contribution < -0.4 is 45.0 Å². The van der Waals surface area contributed by atoms with Crippen molar-refractivity contribution in [3.63, 3.8) is 0 Å². The number of aryl methyl sites for hydroxylation is 2. The molecule has 0 bridgehead atoms. The lowest BCUT2D eigenvalue weighted by Crippen LogP contribution is -2.47. The number of anilines is 6. The number of nitrogens with one attached hydrogen (secondary N) is 3. The van der Waals surface area contributed by atoms with E-state index in [1.165, 1.54) is 11.0 Å². The van der Waals surface area contributed by atoms with Crippen molar-refractivity contribution in [2.75, 3.05) is 89.0 Å². The van der Waals surface area contributed by atoms with E-state index in [0.29, 0.717) is 54.8 Å². The van der Waals surface area contributed by atoms with Crippen molar-refractivity contribution in [1.29, 1.82) is 0 Å². The largest absolute Gasteiger partial charge is 0.489 e. The van der Waals surface area contributed by atoms with Gasteiger partial charge in [0.1, 0.15) is 24.0 Å². The molecule has 0 radical (unpaired) electrons. The highest BCUT2D eigenvalue weighted by Crippen LogP contribution is 2.42. The summed E-state index contributed by atoms with van der Waals surface area (Å²) in [4.78, 5) is 104. The molecule has 29 heteroatoms. The number of rotatable bonds is 17. The molecule has 8 rings (SSSR count). The number of hydrogen-bond acceptors (Lipinski definition) is 16. The van der Waals surface area contributed by atoms with Gasteiger partial charge in [0.15, 0.2) is 17.3 Å². The number of hydrogen-bond donors (Lipinski definition) is 6. The summed E-state index contributed by atoms with van der Waals surface area (Å²) in [5.41, 5.74) is 4.92. The van der Waals surface area contributed by atoms with Crippen LogP contribution in [0.15, 0.2) is 65.7 Å². The van der Waals surface area contributed by atoms with E-state index >= 15 is 0 Å². The first-order valence-corrected chi connectivity index (χ1v) is 30.3. The maximum Gasteiger partial charge on any atom is 0.339 e. The minimum Gasteiger partial charge on any atom is -0.489 e. The zero-order valence-corrected chi connectivity index (χ0v) is 52.1. The number of carbonyl (C=O) groups is 6. The van der Waals surface area contributed by atoms with Crippen molar-refractivity contribution in [2.45, 2.75) is 104 Å². The van der Waals surface area contributed by atoms with Crippen LogP contribution >= 0.6 is 54.0 Å². The number of methoxy groups -OCH3 is 1. The number of ether oxygens (including phenoxy) is 3. The predicted octanol–water partition coefficient (Wildman–Crippen LogP) is 8.27. The van der Waals surface area contributed by atoms with E-state index in [1.807, 2.05) is 77.9 Å². The molecule has 85 heavy (non-hydrogen) atoms. The second kappa shape index (κ2) is 33.9. The molecule has 4 heterocycles. The van der Waals surface area contributed by atoms with Crippen LogP contribution in [-0.2, 0) is 44.5 Å². The van der Waals surface area contributed by atoms with E-state index in [9.17, 15) is 37.7 Å². The summed E-state index contributed by atoms with van der Waals surface area (Å²) in [5.74, 6) is 0.513. The number of carboxylic acid groups (broad SMARTS) is 1. The molecule has 1 aliphatic carbocycles. The number of alkyl halides is 3. The summed E-state index contributed by atoms with van der Waals surface area (Å²) in [6, 6.07) is 16.0. The zero-order chi connectivity index (χ0) is 63.3. The Morgan fingerprint density at radius 2 is 1.59 bits per heavy atom. The molecule has 2 atom stereocenters. The van der Waals surface area contributed by atoms with E-state index < -0.39 is 48.9 Å². The molecular formula is C56H70Cl4FN10O13P. The molecule has 6 N–H and O–H groups in total. The number of amides is 5. The first-order chi connectivity index (χ1) is 40.2. The van der Waals surface area contributed by atoms with Crippen LogP contribution in [-0.4, -0.2) is 147 Å². The average molecular weight is 1280 g/mol. The lowest BCUT2D eigenvalue weighted by Gasteiger charge is -2.35. The van der Waals surface area contributed by atoms with Crippen LogP contribution in [0.4, 0.5) is 39.0 Å². The van der Waals surface area contributed by atoms with Gasteiger partial charge >= 0.3 is 13.6 Å². The Morgan fingerprint density at radius 3 is 2.15 bits per heavy atom. The highest BCUT2D eigenvalue weighted by molar-refractivity contribution is 7.51. The number of fused-ring (bicyclic) bond motifs is 2. The van der Waals surface area contributed by atoms with Crippen LogP contribution in [0.1, 0.15) is 78.4 Å². The molecule has 4 aliphatic rings. The molecule has 4 aromatic rings. The van der Waals surface area contributed by atoms with Gasteiger partial charge < -0.3 is 49.5 Å². The lowest BCUT2D eigenvalue weighted by atomic mass is 9.93. The summed E-state index contributed by atoms with van der Waals surface area (Å²) in [6.07, 6.45) is 8.29. The summed E-state index contributed by atoms with van der Waals surface area (Å²) < 4.78 is 40.7. The molecule has 0 spiro atoms. The first-order valence-electron chi connectivity index (χ1n) is 26.7.